The molecule has 0 aliphatic heterocycles. The summed E-state index contributed by atoms with van der Waals surface area (Å²) in [5.74, 6) is 0.689. The van der Waals surface area contributed by atoms with Crippen molar-refractivity contribution in [2.24, 2.45) is 13.0 Å². The van der Waals surface area contributed by atoms with Gasteiger partial charge in [0.1, 0.15) is 5.82 Å². The van der Waals surface area contributed by atoms with E-state index in [1.54, 1.807) is 29.9 Å². The predicted octanol–water partition coefficient (Wildman–Crippen LogP) is 2.57. The number of alkyl halides is 1. The van der Waals surface area contributed by atoms with Crippen LogP contribution in [0.25, 0.3) is 16.7 Å². The Morgan fingerprint density at radius 1 is 1.22 bits per heavy atom. The van der Waals surface area contributed by atoms with Gasteiger partial charge in [-0.05, 0) is 24.5 Å². The van der Waals surface area contributed by atoms with Crippen molar-refractivity contribution in [3.63, 3.8) is 0 Å². The first-order chi connectivity index (χ1) is 15.3. The van der Waals surface area contributed by atoms with Crippen LogP contribution in [0, 0.1) is 5.92 Å². The topological polar surface area (TPSA) is 94.9 Å². The number of aryl methyl sites for hydroxylation is 1. The van der Waals surface area contributed by atoms with Gasteiger partial charge in [-0.15, -0.1) is 11.6 Å². The summed E-state index contributed by atoms with van der Waals surface area (Å²) in [7, 11) is 1.58. The number of hydrogen-bond acceptors (Lipinski definition) is 5. The number of aromatic nitrogens is 5. The zero-order valence-corrected chi connectivity index (χ0v) is 19.2. The van der Waals surface area contributed by atoms with E-state index in [2.05, 4.69) is 9.97 Å². The number of imidazole rings is 1. The van der Waals surface area contributed by atoms with Crippen molar-refractivity contribution in [3.8, 4) is 0 Å². The second-order valence-electron chi connectivity index (χ2n) is 7.82. The highest BCUT2D eigenvalue weighted by Crippen LogP contribution is 2.29. The van der Waals surface area contributed by atoms with Crippen LogP contribution < -0.4 is 11.2 Å². The summed E-state index contributed by atoms with van der Waals surface area (Å²) in [5.41, 5.74) is 1.08. The molecule has 2 atom stereocenters. The molecule has 32 heavy (non-hydrogen) atoms. The zero-order valence-electron chi connectivity index (χ0n) is 17.7. The second-order valence-corrected chi connectivity index (χ2v) is 8.76. The molecule has 1 N–H and O–H groups in total. The highest BCUT2D eigenvalue weighted by atomic mass is 35.5. The number of halogens is 2. The summed E-state index contributed by atoms with van der Waals surface area (Å²) in [6.45, 7) is 2.26. The van der Waals surface area contributed by atoms with Gasteiger partial charge in [0.25, 0.3) is 5.56 Å². The standard InChI is InChI=1S/C22H23Cl2N5O3/c1-13-4-5-14(10-17(13)24)19-26-20-18(29(19)12-16-7-6-15(23)11-25-16)21(31)28(8-3-9-30)22(32)27(20)2/h4-7,10-11,13,17,30H,3,8-9,12H2,1-2H3. The fraction of sp³-hybridized carbons (Fsp3) is 0.364. The van der Waals surface area contributed by atoms with Crippen LogP contribution in [0.1, 0.15) is 24.9 Å². The summed E-state index contributed by atoms with van der Waals surface area (Å²) >= 11 is 12.5. The van der Waals surface area contributed by atoms with Gasteiger partial charge in [-0.1, -0.05) is 36.8 Å². The largest absolute Gasteiger partial charge is 0.396 e. The molecule has 0 fully saturated rings. The molecule has 0 bridgehead atoms. The highest BCUT2D eigenvalue weighted by Gasteiger charge is 2.24. The molecule has 3 heterocycles. The Hall–Kier alpha value is -2.68. The summed E-state index contributed by atoms with van der Waals surface area (Å²) in [6, 6.07) is 3.51. The molecule has 3 aromatic rings. The minimum absolute atomic E-state index is 0.113. The number of fused-ring (bicyclic) bond motifs is 1. The average Bonchev–Trinajstić information content (AvgIpc) is 3.15. The third-order valence-corrected chi connectivity index (χ3v) is 6.31. The van der Waals surface area contributed by atoms with Crippen molar-refractivity contribution in [3.05, 3.63) is 73.9 Å². The van der Waals surface area contributed by atoms with Crippen molar-refractivity contribution in [1.82, 2.24) is 23.7 Å². The molecule has 0 radical (unpaired) electrons. The van der Waals surface area contributed by atoms with E-state index in [1.165, 1.54) is 4.57 Å². The summed E-state index contributed by atoms with van der Waals surface area (Å²) in [4.78, 5) is 35.2. The minimum atomic E-state index is -0.478. The smallest absolute Gasteiger partial charge is 0.332 e. The zero-order chi connectivity index (χ0) is 23.0. The highest BCUT2D eigenvalue weighted by molar-refractivity contribution is 6.30. The summed E-state index contributed by atoms with van der Waals surface area (Å²) in [6.07, 6.45) is 7.66. The van der Waals surface area contributed by atoms with Crippen LogP contribution in [0.4, 0.5) is 0 Å². The van der Waals surface area contributed by atoms with E-state index in [-0.39, 0.29) is 42.2 Å². The molecule has 0 spiro atoms. The van der Waals surface area contributed by atoms with Gasteiger partial charge < -0.3 is 9.67 Å². The lowest BCUT2D eigenvalue weighted by Crippen LogP contribution is -2.40. The van der Waals surface area contributed by atoms with Crippen molar-refractivity contribution in [2.75, 3.05) is 6.61 Å². The van der Waals surface area contributed by atoms with E-state index in [4.69, 9.17) is 23.2 Å². The molecule has 3 aromatic heterocycles. The first kappa shape index (κ1) is 22.5. The molecule has 0 saturated heterocycles. The molecule has 0 aromatic carbocycles. The van der Waals surface area contributed by atoms with Gasteiger partial charge in [-0.25, -0.2) is 9.78 Å². The Kier molecular flexibility index (Phi) is 6.37. The van der Waals surface area contributed by atoms with Gasteiger partial charge >= 0.3 is 5.69 Å². The Bertz CT molecular complexity index is 1330. The normalized spacial score (nSPS) is 18.3. The van der Waals surface area contributed by atoms with Crippen molar-refractivity contribution >= 4 is 39.9 Å². The fourth-order valence-electron chi connectivity index (χ4n) is 3.72. The van der Waals surface area contributed by atoms with E-state index < -0.39 is 11.2 Å². The van der Waals surface area contributed by atoms with Crippen LogP contribution in [-0.2, 0) is 20.1 Å². The quantitative estimate of drug-likeness (QED) is 0.552. The van der Waals surface area contributed by atoms with Gasteiger partial charge in [0.05, 0.1) is 22.6 Å². The molecule has 8 nitrogen and oxygen atoms in total. The van der Waals surface area contributed by atoms with Gasteiger partial charge in [-0.3, -0.25) is 18.9 Å². The first-order valence-electron chi connectivity index (χ1n) is 10.3. The molecule has 2 unspecified atom stereocenters. The van der Waals surface area contributed by atoms with Gasteiger partial charge in [0.2, 0.25) is 0 Å². The van der Waals surface area contributed by atoms with Gasteiger partial charge in [-0.2, -0.15) is 0 Å². The molecular weight excluding hydrogens is 453 g/mol. The second kappa shape index (κ2) is 9.05. The lowest BCUT2D eigenvalue weighted by atomic mass is 9.97. The number of aliphatic hydroxyl groups excluding tert-OH is 1. The Labute approximate surface area is 194 Å². The number of nitrogens with zero attached hydrogens (tertiary/aromatic N) is 5. The molecule has 1 aliphatic rings. The van der Waals surface area contributed by atoms with E-state index >= 15 is 0 Å². The van der Waals surface area contributed by atoms with E-state index in [0.717, 1.165) is 10.1 Å². The molecule has 10 heteroatoms. The van der Waals surface area contributed by atoms with E-state index in [1.807, 2.05) is 25.2 Å². The fourth-order valence-corrected chi connectivity index (χ4v) is 4.05. The van der Waals surface area contributed by atoms with Crippen LogP contribution >= 0.6 is 23.2 Å². The third kappa shape index (κ3) is 4.05. The molecular formula is C22H23Cl2N5O3. The maximum Gasteiger partial charge on any atom is 0.332 e. The number of pyridine rings is 1. The maximum absolute atomic E-state index is 13.4. The Morgan fingerprint density at radius 3 is 2.66 bits per heavy atom. The lowest BCUT2D eigenvalue weighted by molar-refractivity contribution is 0.277. The molecule has 1 aliphatic carbocycles. The van der Waals surface area contributed by atoms with Crippen molar-refractivity contribution < 1.29 is 5.11 Å². The SMILES string of the molecule is CC1C=CC(c2nc3c(c(=O)n(CCCO)c(=O)n3C)n2Cc2ccc(Cl)cn2)=CC1Cl. The molecule has 4 rings (SSSR count). The van der Waals surface area contributed by atoms with E-state index in [0.29, 0.717) is 23.0 Å². The summed E-state index contributed by atoms with van der Waals surface area (Å²) < 4.78 is 4.25. The Balaban J connectivity index is 1.99. The van der Waals surface area contributed by atoms with Crippen LogP contribution in [0.5, 0.6) is 0 Å². The predicted molar refractivity (Wildman–Crippen MR) is 125 cm³/mol. The number of aliphatic hydroxyl groups is 1. The molecule has 0 amide bonds. The van der Waals surface area contributed by atoms with Crippen LogP contribution in [0.15, 0.2) is 46.1 Å². The first-order valence-corrected chi connectivity index (χ1v) is 11.1. The Morgan fingerprint density at radius 2 is 2.00 bits per heavy atom. The maximum atomic E-state index is 13.4. The number of hydrogen-bond donors (Lipinski definition) is 1. The monoisotopic (exact) mass is 475 g/mol. The number of allylic oxidation sites excluding steroid dienone is 4. The van der Waals surface area contributed by atoms with Gasteiger partial charge in [0.15, 0.2) is 11.2 Å². The van der Waals surface area contributed by atoms with E-state index in [9.17, 15) is 14.7 Å². The third-order valence-electron chi connectivity index (χ3n) is 5.56. The van der Waals surface area contributed by atoms with Crippen LogP contribution in [0.3, 0.4) is 0 Å². The summed E-state index contributed by atoms with van der Waals surface area (Å²) in [5, 5.41) is 9.48. The van der Waals surface area contributed by atoms with Crippen molar-refractivity contribution in [1.29, 1.82) is 0 Å². The minimum Gasteiger partial charge on any atom is -0.396 e. The van der Waals surface area contributed by atoms with Crippen LogP contribution in [0.2, 0.25) is 5.02 Å². The van der Waals surface area contributed by atoms with Gasteiger partial charge in [0, 0.05) is 32.0 Å². The average molecular weight is 476 g/mol. The van der Waals surface area contributed by atoms with Crippen LogP contribution in [-0.4, -0.2) is 40.8 Å². The number of rotatable bonds is 6. The molecule has 0 saturated carbocycles. The van der Waals surface area contributed by atoms with Crippen molar-refractivity contribution in [2.45, 2.75) is 31.8 Å². The molecule has 168 valence electrons. The lowest BCUT2D eigenvalue weighted by Gasteiger charge is -2.18.